The van der Waals surface area contributed by atoms with E-state index in [0.717, 1.165) is 32.4 Å². The lowest BCUT2D eigenvalue weighted by atomic mass is 9.90. The highest BCUT2D eigenvalue weighted by molar-refractivity contribution is 5.89. The number of likely N-dealkylation sites (tertiary alicyclic amines) is 1. The average molecular weight is 333 g/mol. The van der Waals surface area contributed by atoms with E-state index in [1.807, 2.05) is 32.9 Å². The number of carbonyl (C=O) groups is 2. The number of benzene rings is 1. The molecule has 0 spiro atoms. The van der Waals surface area contributed by atoms with Gasteiger partial charge in [0.15, 0.2) is 0 Å². The van der Waals surface area contributed by atoms with Gasteiger partial charge in [0.05, 0.1) is 12.7 Å². The van der Waals surface area contributed by atoms with E-state index in [4.69, 9.17) is 9.47 Å². The molecule has 1 aromatic carbocycles. The van der Waals surface area contributed by atoms with E-state index in [1.54, 1.807) is 17.0 Å². The zero-order chi connectivity index (χ0) is 17.7. The maximum absolute atomic E-state index is 12.1. The fourth-order valence-electron chi connectivity index (χ4n) is 2.87. The van der Waals surface area contributed by atoms with E-state index in [-0.39, 0.29) is 12.1 Å². The molecule has 2 rings (SSSR count). The van der Waals surface area contributed by atoms with Crippen LogP contribution in [-0.4, -0.2) is 42.8 Å². The summed E-state index contributed by atoms with van der Waals surface area (Å²) in [5, 5.41) is 0. The smallest absolute Gasteiger partial charge is 0.410 e. The predicted molar refractivity (Wildman–Crippen MR) is 92.0 cm³/mol. The first-order chi connectivity index (χ1) is 11.3. The molecule has 1 saturated heterocycles. The highest BCUT2D eigenvalue weighted by Gasteiger charge is 2.26. The maximum atomic E-state index is 12.1. The number of nitrogens with zero attached hydrogens (tertiary/aromatic N) is 1. The lowest BCUT2D eigenvalue weighted by Crippen LogP contribution is -2.42. The molecular formula is C19H27NO4. The molecule has 0 radical (unpaired) electrons. The van der Waals surface area contributed by atoms with Crippen LogP contribution in [0.4, 0.5) is 4.79 Å². The minimum atomic E-state index is -0.449. The largest absolute Gasteiger partial charge is 0.465 e. The van der Waals surface area contributed by atoms with E-state index in [0.29, 0.717) is 11.5 Å². The highest BCUT2D eigenvalue weighted by Crippen LogP contribution is 2.23. The molecule has 1 aromatic rings. The molecule has 1 aliphatic rings. The molecule has 0 bridgehead atoms. The molecule has 0 saturated carbocycles. The molecule has 1 aliphatic heterocycles. The zero-order valence-electron chi connectivity index (χ0n) is 15.0. The number of carbonyl (C=O) groups excluding carboxylic acids is 2. The van der Waals surface area contributed by atoms with Crippen LogP contribution in [0.1, 0.15) is 49.5 Å². The summed E-state index contributed by atoms with van der Waals surface area (Å²) in [6, 6.07) is 7.56. The molecule has 0 N–H and O–H groups in total. The van der Waals surface area contributed by atoms with Crippen LogP contribution >= 0.6 is 0 Å². The Morgan fingerprint density at radius 2 is 1.71 bits per heavy atom. The maximum Gasteiger partial charge on any atom is 0.410 e. The van der Waals surface area contributed by atoms with Crippen molar-refractivity contribution in [3.63, 3.8) is 0 Å². The van der Waals surface area contributed by atoms with Crippen molar-refractivity contribution < 1.29 is 19.1 Å². The summed E-state index contributed by atoms with van der Waals surface area (Å²) in [6.45, 7) is 7.13. The fraction of sp³-hybridized carbons (Fsp3) is 0.579. The van der Waals surface area contributed by atoms with Gasteiger partial charge in [-0.3, -0.25) is 0 Å². The number of hydrogen-bond donors (Lipinski definition) is 0. The topological polar surface area (TPSA) is 55.8 Å². The van der Waals surface area contributed by atoms with E-state index < -0.39 is 5.60 Å². The Labute approximate surface area is 143 Å². The van der Waals surface area contributed by atoms with Crippen LogP contribution in [-0.2, 0) is 15.9 Å². The molecule has 0 aliphatic carbocycles. The number of rotatable bonds is 3. The summed E-state index contributed by atoms with van der Waals surface area (Å²) in [7, 11) is 1.38. The molecule has 0 unspecified atom stereocenters. The van der Waals surface area contributed by atoms with Crippen molar-refractivity contribution in [2.45, 2.75) is 45.6 Å². The number of piperidine rings is 1. The van der Waals surface area contributed by atoms with Crippen molar-refractivity contribution in [1.82, 2.24) is 4.90 Å². The van der Waals surface area contributed by atoms with Gasteiger partial charge in [-0.1, -0.05) is 12.1 Å². The minimum Gasteiger partial charge on any atom is -0.465 e. The Balaban J connectivity index is 1.82. The Morgan fingerprint density at radius 3 is 2.21 bits per heavy atom. The van der Waals surface area contributed by atoms with Crippen molar-refractivity contribution in [3.05, 3.63) is 35.4 Å². The van der Waals surface area contributed by atoms with Crippen LogP contribution in [0.15, 0.2) is 24.3 Å². The third kappa shape index (κ3) is 5.25. The number of amides is 1. The van der Waals surface area contributed by atoms with Gasteiger partial charge in [-0.2, -0.15) is 0 Å². The van der Waals surface area contributed by atoms with Gasteiger partial charge in [-0.15, -0.1) is 0 Å². The van der Waals surface area contributed by atoms with Crippen LogP contribution in [0.3, 0.4) is 0 Å². The number of esters is 1. The molecule has 1 fully saturated rings. The molecule has 132 valence electrons. The van der Waals surface area contributed by atoms with E-state index >= 15 is 0 Å². The summed E-state index contributed by atoms with van der Waals surface area (Å²) in [5.74, 6) is 0.236. The Bertz CT molecular complexity index is 566. The van der Waals surface area contributed by atoms with E-state index in [9.17, 15) is 9.59 Å². The lowest BCUT2D eigenvalue weighted by molar-refractivity contribution is 0.0184. The van der Waals surface area contributed by atoms with Gasteiger partial charge in [-0.25, -0.2) is 9.59 Å². The number of hydrogen-bond acceptors (Lipinski definition) is 4. The van der Waals surface area contributed by atoms with E-state index in [1.165, 1.54) is 12.7 Å². The number of ether oxygens (including phenoxy) is 2. The number of methoxy groups -OCH3 is 1. The summed E-state index contributed by atoms with van der Waals surface area (Å²) in [5.41, 5.74) is 1.33. The third-order valence-corrected chi connectivity index (χ3v) is 4.17. The van der Waals surface area contributed by atoms with Crippen LogP contribution in [0.25, 0.3) is 0 Å². The summed E-state index contributed by atoms with van der Waals surface area (Å²) < 4.78 is 10.1. The van der Waals surface area contributed by atoms with Crippen LogP contribution in [0.5, 0.6) is 0 Å². The van der Waals surface area contributed by atoms with Gasteiger partial charge in [0.2, 0.25) is 0 Å². The zero-order valence-corrected chi connectivity index (χ0v) is 15.0. The summed E-state index contributed by atoms with van der Waals surface area (Å²) in [4.78, 5) is 25.3. The SMILES string of the molecule is COC(=O)c1ccc(CC2CCN(C(=O)OC(C)(C)C)CC2)cc1. The Hall–Kier alpha value is -2.04. The fourth-order valence-corrected chi connectivity index (χ4v) is 2.87. The van der Waals surface area contributed by atoms with Crippen LogP contribution in [0.2, 0.25) is 0 Å². The second-order valence-corrected chi connectivity index (χ2v) is 7.30. The van der Waals surface area contributed by atoms with Crippen LogP contribution in [0, 0.1) is 5.92 Å². The normalized spacial score (nSPS) is 15.9. The average Bonchev–Trinajstić information content (AvgIpc) is 2.54. The lowest BCUT2D eigenvalue weighted by Gasteiger charge is -2.33. The first kappa shape index (κ1) is 18.3. The van der Waals surface area contributed by atoms with Gasteiger partial charge in [0, 0.05) is 13.1 Å². The summed E-state index contributed by atoms with van der Waals surface area (Å²) >= 11 is 0. The molecule has 1 amide bonds. The van der Waals surface area contributed by atoms with Gasteiger partial charge in [0.25, 0.3) is 0 Å². The second-order valence-electron chi connectivity index (χ2n) is 7.30. The van der Waals surface area contributed by atoms with Crippen molar-refractivity contribution in [3.8, 4) is 0 Å². The van der Waals surface area contributed by atoms with Gasteiger partial charge in [-0.05, 0) is 63.6 Å². The molecular weight excluding hydrogens is 306 g/mol. The predicted octanol–water partition coefficient (Wildman–Crippen LogP) is 3.66. The van der Waals surface area contributed by atoms with Crippen molar-refractivity contribution in [2.75, 3.05) is 20.2 Å². The first-order valence-corrected chi connectivity index (χ1v) is 8.43. The van der Waals surface area contributed by atoms with Gasteiger partial charge >= 0.3 is 12.1 Å². The summed E-state index contributed by atoms with van der Waals surface area (Å²) in [6.07, 6.45) is 2.68. The van der Waals surface area contributed by atoms with Crippen LogP contribution < -0.4 is 0 Å². The molecule has 5 nitrogen and oxygen atoms in total. The molecule has 1 heterocycles. The Kier molecular flexibility index (Phi) is 5.86. The molecule has 24 heavy (non-hydrogen) atoms. The second kappa shape index (κ2) is 7.69. The standard InChI is InChI=1S/C19H27NO4/c1-19(2,3)24-18(22)20-11-9-15(10-12-20)13-14-5-7-16(8-6-14)17(21)23-4/h5-8,15H,9-13H2,1-4H3. The van der Waals surface area contributed by atoms with E-state index in [2.05, 4.69) is 0 Å². The minimum absolute atomic E-state index is 0.219. The molecule has 0 aromatic heterocycles. The Morgan fingerprint density at radius 1 is 1.12 bits per heavy atom. The third-order valence-electron chi connectivity index (χ3n) is 4.17. The van der Waals surface area contributed by atoms with Gasteiger partial charge in [0.1, 0.15) is 5.60 Å². The quantitative estimate of drug-likeness (QED) is 0.792. The van der Waals surface area contributed by atoms with Crippen molar-refractivity contribution in [1.29, 1.82) is 0 Å². The van der Waals surface area contributed by atoms with Gasteiger partial charge < -0.3 is 14.4 Å². The molecule has 0 atom stereocenters. The van der Waals surface area contributed by atoms with Crippen molar-refractivity contribution in [2.24, 2.45) is 5.92 Å². The van der Waals surface area contributed by atoms with Crippen molar-refractivity contribution >= 4 is 12.1 Å². The monoisotopic (exact) mass is 333 g/mol. The highest BCUT2D eigenvalue weighted by atomic mass is 16.6. The molecule has 5 heteroatoms. The first-order valence-electron chi connectivity index (χ1n) is 8.43.